The molecule has 150 valence electrons. The molecule has 0 spiro atoms. The van der Waals surface area contributed by atoms with Crippen LogP contribution in [0.2, 0.25) is 0 Å². The van der Waals surface area contributed by atoms with Crippen molar-refractivity contribution in [2.75, 3.05) is 0 Å². The first-order valence-electron chi connectivity index (χ1n) is 9.46. The second-order valence-corrected chi connectivity index (χ2v) is 7.16. The molecule has 0 aliphatic carbocycles. The van der Waals surface area contributed by atoms with Crippen molar-refractivity contribution in [2.24, 2.45) is 0 Å². The van der Waals surface area contributed by atoms with Crippen LogP contribution in [0, 0.1) is 0 Å². The van der Waals surface area contributed by atoms with Crippen LogP contribution >= 0.6 is 0 Å². The van der Waals surface area contributed by atoms with E-state index < -0.39 is 18.0 Å². The predicted octanol–water partition coefficient (Wildman–Crippen LogP) is 4.30. The lowest BCUT2D eigenvalue weighted by Gasteiger charge is -2.12. The maximum atomic E-state index is 13.3. The molecule has 0 amide bonds. The lowest BCUT2D eigenvalue weighted by Crippen LogP contribution is -2.20. The van der Waals surface area contributed by atoms with Crippen LogP contribution in [0.1, 0.15) is 64.5 Å². The Morgan fingerprint density at radius 2 is 1.31 bits per heavy atom. The topological polar surface area (TPSA) is 74.1 Å². The number of ketones is 1. The fourth-order valence-electron chi connectivity index (χ4n) is 3.11. The van der Waals surface area contributed by atoms with Gasteiger partial charge in [0.25, 0.3) is 0 Å². The third kappa shape index (κ3) is 4.06. The molecule has 0 bridgehead atoms. The first-order chi connectivity index (χ1) is 13.8. The monoisotopic (exact) mass is 393 g/mol. The van der Waals surface area contributed by atoms with E-state index in [1.54, 1.807) is 86.8 Å². The second-order valence-electron chi connectivity index (χ2n) is 7.16. The molecule has 0 aliphatic rings. The van der Waals surface area contributed by atoms with Crippen molar-refractivity contribution in [3.63, 3.8) is 0 Å². The molecule has 0 radical (unpaired) electrons. The van der Waals surface area contributed by atoms with E-state index in [0.29, 0.717) is 11.1 Å². The minimum atomic E-state index is -0.737. The van der Waals surface area contributed by atoms with Gasteiger partial charge in [0.1, 0.15) is 16.8 Å². The van der Waals surface area contributed by atoms with Crippen molar-refractivity contribution in [1.29, 1.82) is 0 Å². The van der Waals surface area contributed by atoms with Crippen LogP contribution in [0.4, 0.5) is 0 Å². The number of esters is 2. The number of carbonyl (C=O) groups excluding carboxylic acids is 3. The van der Waals surface area contributed by atoms with Crippen molar-refractivity contribution < 1.29 is 23.9 Å². The van der Waals surface area contributed by atoms with Gasteiger partial charge in [-0.15, -0.1) is 0 Å². The van der Waals surface area contributed by atoms with Crippen molar-refractivity contribution >= 4 is 23.2 Å². The number of benzene rings is 1. The average Bonchev–Trinajstić information content (AvgIpc) is 3.02. The van der Waals surface area contributed by atoms with E-state index in [0.717, 1.165) is 0 Å². The molecule has 1 aromatic carbocycles. The lowest BCUT2D eigenvalue weighted by atomic mass is 10.0. The fourth-order valence-corrected chi connectivity index (χ4v) is 3.11. The number of nitrogens with zero attached hydrogens (tertiary/aromatic N) is 1. The minimum Gasteiger partial charge on any atom is -0.459 e. The molecule has 0 saturated carbocycles. The SMILES string of the molecule is CC(C)OC(=O)c1c(C(=O)OC(C)C)c2ccccn2c1C(=O)c1ccccc1. The number of hydrogen-bond acceptors (Lipinski definition) is 5. The van der Waals surface area contributed by atoms with Crippen LogP contribution in [0.15, 0.2) is 54.7 Å². The third-order valence-corrected chi connectivity index (χ3v) is 4.19. The molecule has 2 aromatic heterocycles. The normalized spacial score (nSPS) is 11.1. The van der Waals surface area contributed by atoms with Crippen LogP contribution in [0.5, 0.6) is 0 Å². The summed E-state index contributed by atoms with van der Waals surface area (Å²) in [6.07, 6.45) is 0.839. The second kappa shape index (κ2) is 8.31. The van der Waals surface area contributed by atoms with Crippen LogP contribution in [-0.4, -0.2) is 34.3 Å². The van der Waals surface area contributed by atoms with Crippen LogP contribution in [0.3, 0.4) is 0 Å². The van der Waals surface area contributed by atoms with Crippen molar-refractivity contribution in [3.8, 4) is 0 Å². The summed E-state index contributed by atoms with van der Waals surface area (Å²) in [6, 6.07) is 13.7. The number of fused-ring (bicyclic) bond motifs is 1. The number of ether oxygens (including phenoxy) is 2. The Kier molecular flexibility index (Phi) is 5.82. The molecule has 0 aliphatic heterocycles. The van der Waals surface area contributed by atoms with E-state index in [1.165, 1.54) is 0 Å². The molecular weight excluding hydrogens is 370 g/mol. The Bertz CT molecular complexity index is 1060. The molecule has 3 aromatic rings. The summed E-state index contributed by atoms with van der Waals surface area (Å²) in [4.78, 5) is 39.2. The maximum Gasteiger partial charge on any atom is 0.341 e. The van der Waals surface area contributed by atoms with Crippen LogP contribution in [0.25, 0.3) is 5.52 Å². The molecule has 6 heteroatoms. The quantitative estimate of drug-likeness (QED) is 0.461. The summed E-state index contributed by atoms with van der Waals surface area (Å²) in [5.41, 5.74) is 0.841. The first kappa shape index (κ1) is 20.3. The average molecular weight is 393 g/mol. The summed E-state index contributed by atoms with van der Waals surface area (Å²) >= 11 is 0. The van der Waals surface area contributed by atoms with Crippen molar-refractivity contribution in [1.82, 2.24) is 4.40 Å². The van der Waals surface area contributed by atoms with E-state index >= 15 is 0 Å². The predicted molar refractivity (Wildman–Crippen MR) is 108 cm³/mol. The molecule has 2 heterocycles. The maximum absolute atomic E-state index is 13.3. The van der Waals surface area contributed by atoms with Gasteiger partial charge in [0.05, 0.1) is 17.7 Å². The Morgan fingerprint density at radius 1 is 0.759 bits per heavy atom. The highest BCUT2D eigenvalue weighted by Crippen LogP contribution is 2.28. The van der Waals surface area contributed by atoms with Gasteiger partial charge in [-0.1, -0.05) is 36.4 Å². The Hall–Kier alpha value is -3.41. The van der Waals surface area contributed by atoms with Crippen molar-refractivity contribution in [3.05, 3.63) is 77.1 Å². The molecule has 6 nitrogen and oxygen atoms in total. The van der Waals surface area contributed by atoms with E-state index in [2.05, 4.69) is 0 Å². The molecule has 29 heavy (non-hydrogen) atoms. The number of pyridine rings is 1. The zero-order valence-corrected chi connectivity index (χ0v) is 16.8. The van der Waals surface area contributed by atoms with Crippen LogP contribution < -0.4 is 0 Å². The third-order valence-electron chi connectivity index (χ3n) is 4.19. The number of hydrogen-bond donors (Lipinski definition) is 0. The van der Waals surface area contributed by atoms with Gasteiger partial charge in [-0.05, 0) is 39.8 Å². The standard InChI is InChI=1S/C23H23NO5/c1-14(2)28-22(26)18-17-12-8-9-13-24(17)20(19(18)23(27)29-15(3)4)21(25)16-10-6-5-7-11-16/h5-15H,1-4H3. The zero-order chi connectivity index (χ0) is 21.1. The zero-order valence-electron chi connectivity index (χ0n) is 16.8. The molecule has 0 saturated heterocycles. The summed E-state index contributed by atoms with van der Waals surface area (Å²) in [5.74, 6) is -1.80. The number of rotatable bonds is 6. The summed E-state index contributed by atoms with van der Waals surface area (Å²) < 4.78 is 12.3. The van der Waals surface area contributed by atoms with E-state index in [1.807, 2.05) is 0 Å². The van der Waals surface area contributed by atoms with Gasteiger partial charge in [0.2, 0.25) is 5.78 Å². The van der Waals surface area contributed by atoms with Gasteiger partial charge in [0, 0.05) is 11.8 Å². The highest BCUT2D eigenvalue weighted by molar-refractivity contribution is 6.19. The fraction of sp³-hybridized carbons (Fsp3) is 0.261. The minimum absolute atomic E-state index is 0.0317. The molecule has 0 N–H and O–H groups in total. The molecule has 0 fully saturated rings. The Morgan fingerprint density at radius 3 is 1.90 bits per heavy atom. The van der Waals surface area contributed by atoms with E-state index in [9.17, 15) is 14.4 Å². The van der Waals surface area contributed by atoms with Crippen LogP contribution in [-0.2, 0) is 9.47 Å². The molecule has 3 rings (SSSR count). The van der Waals surface area contributed by atoms with Gasteiger partial charge in [-0.2, -0.15) is 0 Å². The Balaban J connectivity index is 2.32. The molecule has 0 unspecified atom stereocenters. The summed E-state index contributed by atoms with van der Waals surface area (Å²) in [6.45, 7) is 6.85. The highest BCUT2D eigenvalue weighted by atomic mass is 16.5. The van der Waals surface area contributed by atoms with E-state index in [4.69, 9.17) is 9.47 Å². The van der Waals surface area contributed by atoms with Gasteiger partial charge in [-0.3, -0.25) is 4.79 Å². The highest BCUT2D eigenvalue weighted by Gasteiger charge is 2.34. The molecule has 0 atom stereocenters. The Labute approximate surface area is 169 Å². The summed E-state index contributed by atoms with van der Waals surface area (Å²) in [7, 11) is 0. The van der Waals surface area contributed by atoms with Gasteiger partial charge >= 0.3 is 11.9 Å². The van der Waals surface area contributed by atoms with Gasteiger partial charge < -0.3 is 13.9 Å². The lowest BCUT2D eigenvalue weighted by molar-refractivity contribution is 0.0330. The van der Waals surface area contributed by atoms with Gasteiger partial charge in [-0.25, -0.2) is 9.59 Å². The molecular formula is C23H23NO5. The largest absolute Gasteiger partial charge is 0.459 e. The van der Waals surface area contributed by atoms with E-state index in [-0.39, 0.29) is 28.7 Å². The number of carbonyl (C=O) groups is 3. The summed E-state index contributed by atoms with van der Waals surface area (Å²) in [5, 5.41) is 0. The number of aromatic nitrogens is 1. The van der Waals surface area contributed by atoms with Gasteiger partial charge in [0.15, 0.2) is 0 Å². The first-order valence-corrected chi connectivity index (χ1v) is 9.46. The van der Waals surface area contributed by atoms with Crippen molar-refractivity contribution in [2.45, 2.75) is 39.9 Å². The smallest absolute Gasteiger partial charge is 0.341 e.